The van der Waals surface area contributed by atoms with Gasteiger partial charge in [0.05, 0.1) is 36.6 Å². The second kappa shape index (κ2) is 12.4. The van der Waals surface area contributed by atoms with Crippen LogP contribution >= 0.6 is 11.6 Å². The summed E-state index contributed by atoms with van der Waals surface area (Å²) in [5.74, 6) is 1.71. The topological polar surface area (TPSA) is 127 Å². The van der Waals surface area contributed by atoms with Gasteiger partial charge in [-0.25, -0.2) is 10.2 Å². The van der Waals surface area contributed by atoms with Gasteiger partial charge in [-0.3, -0.25) is 0 Å². The Kier molecular flexibility index (Phi) is 8.29. The molecule has 1 aliphatic rings. The Morgan fingerprint density at radius 1 is 1.08 bits per heavy atom. The molecule has 0 aliphatic carbocycles. The van der Waals surface area contributed by atoms with Gasteiger partial charge in [-0.1, -0.05) is 29.8 Å². The van der Waals surface area contributed by atoms with E-state index in [1.54, 1.807) is 37.3 Å². The van der Waals surface area contributed by atoms with Gasteiger partial charge in [0.1, 0.15) is 11.5 Å². The van der Waals surface area contributed by atoms with E-state index in [1.165, 1.54) is 6.21 Å². The summed E-state index contributed by atoms with van der Waals surface area (Å²) in [6.07, 6.45) is 1.51. The zero-order chi connectivity index (χ0) is 27.0. The Morgan fingerprint density at radius 2 is 1.87 bits per heavy atom. The number of carbonyl (C=O) groups excluding carboxylic acids is 1. The Hall–Kier alpha value is -4.48. The Labute approximate surface area is 229 Å². The molecular weight excluding hydrogens is 522 g/mol. The molecule has 0 saturated carbocycles. The molecule has 3 heterocycles. The summed E-state index contributed by atoms with van der Waals surface area (Å²) < 4.78 is 16.4. The van der Waals surface area contributed by atoms with Crippen molar-refractivity contribution in [2.75, 3.05) is 48.6 Å². The molecule has 0 amide bonds. The van der Waals surface area contributed by atoms with E-state index in [1.807, 2.05) is 35.2 Å². The Balaban J connectivity index is 1.32. The van der Waals surface area contributed by atoms with Gasteiger partial charge >= 0.3 is 5.97 Å². The van der Waals surface area contributed by atoms with Gasteiger partial charge in [0.25, 0.3) is 0 Å². The van der Waals surface area contributed by atoms with Crippen LogP contribution in [0.1, 0.15) is 23.0 Å². The van der Waals surface area contributed by atoms with Gasteiger partial charge in [-0.2, -0.15) is 20.1 Å². The average molecular weight is 548 g/mol. The number of furan rings is 1. The number of ether oxygens (including phenoxy) is 2. The van der Waals surface area contributed by atoms with Crippen LogP contribution in [0.25, 0.3) is 11.3 Å². The fourth-order valence-corrected chi connectivity index (χ4v) is 4.00. The second-order valence-electron chi connectivity index (χ2n) is 8.36. The molecule has 2 aromatic heterocycles. The summed E-state index contributed by atoms with van der Waals surface area (Å²) in [4.78, 5) is 27.8. The normalized spacial score (nSPS) is 13.4. The van der Waals surface area contributed by atoms with Crippen molar-refractivity contribution in [2.24, 2.45) is 5.10 Å². The number of rotatable bonds is 9. The zero-order valence-electron chi connectivity index (χ0n) is 21.1. The maximum absolute atomic E-state index is 12.2. The van der Waals surface area contributed by atoms with Gasteiger partial charge in [0.15, 0.2) is 0 Å². The van der Waals surface area contributed by atoms with Crippen LogP contribution in [0.4, 0.5) is 23.5 Å². The van der Waals surface area contributed by atoms with E-state index in [9.17, 15) is 4.79 Å². The predicted octanol–water partition coefficient (Wildman–Crippen LogP) is 4.99. The molecule has 4 aromatic rings. The van der Waals surface area contributed by atoms with Crippen molar-refractivity contribution in [3.8, 4) is 11.3 Å². The zero-order valence-corrected chi connectivity index (χ0v) is 21.9. The summed E-state index contributed by atoms with van der Waals surface area (Å²) >= 11 is 6.17. The Morgan fingerprint density at radius 3 is 2.67 bits per heavy atom. The largest absolute Gasteiger partial charge is 0.462 e. The van der Waals surface area contributed by atoms with E-state index in [2.05, 4.69) is 30.8 Å². The van der Waals surface area contributed by atoms with E-state index >= 15 is 0 Å². The molecule has 0 radical (unpaired) electrons. The molecule has 0 unspecified atom stereocenters. The van der Waals surface area contributed by atoms with Crippen molar-refractivity contribution in [2.45, 2.75) is 6.92 Å². The molecule has 0 atom stereocenters. The molecule has 1 fully saturated rings. The van der Waals surface area contributed by atoms with Crippen LogP contribution in [-0.2, 0) is 9.47 Å². The molecule has 1 aliphatic heterocycles. The van der Waals surface area contributed by atoms with Crippen molar-refractivity contribution in [1.82, 2.24) is 15.0 Å². The number of morpholine rings is 1. The van der Waals surface area contributed by atoms with Crippen molar-refractivity contribution < 1.29 is 18.7 Å². The highest BCUT2D eigenvalue weighted by Gasteiger charge is 2.17. The molecular formula is C27H26ClN7O4. The monoisotopic (exact) mass is 547 g/mol. The van der Waals surface area contributed by atoms with Crippen LogP contribution in [0.15, 0.2) is 70.2 Å². The van der Waals surface area contributed by atoms with E-state index in [0.29, 0.717) is 60.3 Å². The molecule has 0 bridgehead atoms. The predicted molar refractivity (Wildman–Crippen MR) is 149 cm³/mol. The number of carbonyl (C=O) groups is 1. The van der Waals surface area contributed by atoms with Crippen LogP contribution in [0, 0.1) is 0 Å². The number of halogens is 1. The van der Waals surface area contributed by atoms with Gasteiger partial charge in [-0.05, 0) is 49.4 Å². The number of nitrogens with zero attached hydrogens (tertiary/aromatic N) is 5. The molecule has 2 aromatic carbocycles. The Bertz CT molecular complexity index is 1460. The highest BCUT2D eigenvalue weighted by Crippen LogP contribution is 2.27. The maximum atomic E-state index is 12.2. The number of aromatic nitrogens is 3. The summed E-state index contributed by atoms with van der Waals surface area (Å²) in [5.41, 5.74) is 4.67. The van der Waals surface area contributed by atoms with Crippen LogP contribution in [0.5, 0.6) is 0 Å². The number of nitrogens with one attached hydrogen (secondary N) is 2. The first kappa shape index (κ1) is 26.1. The third-order valence-corrected chi connectivity index (χ3v) is 6.01. The van der Waals surface area contributed by atoms with Gasteiger partial charge in [0.2, 0.25) is 17.8 Å². The number of hydrazone groups is 1. The standard InChI is InChI=1S/C27H26ClN7O4/c1-2-38-24(36)21-16-18(8-10-22(21)28)23-11-9-20(39-23)17-29-34-26-31-25(30-19-6-4-3-5-7-19)32-27(33-26)35-12-14-37-15-13-35/h3-11,16-17H,2,12-15H2,1H3,(H2,30,31,32,33,34)/b29-17-. The molecule has 39 heavy (non-hydrogen) atoms. The molecule has 2 N–H and O–H groups in total. The summed E-state index contributed by atoms with van der Waals surface area (Å²) in [6, 6.07) is 18.2. The lowest BCUT2D eigenvalue weighted by Crippen LogP contribution is -2.37. The molecule has 11 nitrogen and oxygen atoms in total. The number of benzene rings is 2. The number of esters is 1. The highest BCUT2D eigenvalue weighted by atomic mass is 35.5. The lowest BCUT2D eigenvalue weighted by molar-refractivity contribution is 0.0526. The molecule has 0 spiro atoms. The number of hydrogen-bond acceptors (Lipinski definition) is 11. The van der Waals surface area contributed by atoms with Crippen molar-refractivity contribution in [1.29, 1.82) is 0 Å². The average Bonchev–Trinajstić information content (AvgIpc) is 3.43. The lowest BCUT2D eigenvalue weighted by Gasteiger charge is -2.27. The van der Waals surface area contributed by atoms with Crippen molar-refractivity contribution >= 4 is 47.3 Å². The minimum absolute atomic E-state index is 0.257. The number of anilines is 4. The smallest absolute Gasteiger partial charge is 0.339 e. The van der Waals surface area contributed by atoms with E-state index < -0.39 is 5.97 Å². The summed E-state index contributed by atoms with van der Waals surface area (Å²) in [6.45, 7) is 4.55. The number of hydrogen-bond donors (Lipinski definition) is 2. The van der Waals surface area contributed by atoms with E-state index in [0.717, 1.165) is 5.69 Å². The quantitative estimate of drug-likeness (QED) is 0.168. The third-order valence-electron chi connectivity index (χ3n) is 5.68. The summed E-state index contributed by atoms with van der Waals surface area (Å²) in [5, 5.41) is 7.76. The first-order valence-electron chi connectivity index (χ1n) is 12.4. The fraction of sp³-hybridized carbons (Fsp3) is 0.222. The molecule has 1 saturated heterocycles. The van der Waals surface area contributed by atoms with E-state index in [-0.39, 0.29) is 18.1 Å². The van der Waals surface area contributed by atoms with Gasteiger partial charge < -0.3 is 24.1 Å². The highest BCUT2D eigenvalue weighted by molar-refractivity contribution is 6.33. The second-order valence-corrected chi connectivity index (χ2v) is 8.77. The maximum Gasteiger partial charge on any atom is 0.339 e. The molecule has 200 valence electrons. The SMILES string of the molecule is CCOC(=O)c1cc(-c2ccc(/C=N\Nc3nc(Nc4ccccc4)nc(N4CCOCC4)n3)o2)ccc1Cl. The summed E-state index contributed by atoms with van der Waals surface area (Å²) in [7, 11) is 0. The van der Waals surface area contributed by atoms with Gasteiger partial charge in [0, 0.05) is 24.3 Å². The van der Waals surface area contributed by atoms with Crippen LogP contribution in [-0.4, -0.2) is 60.0 Å². The molecule has 12 heteroatoms. The first-order chi connectivity index (χ1) is 19.1. The fourth-order valence-electron chi connectivity index (χ4n) is 3.80. The first-order valence-corrected chi connectivity index (χ1v) is 12.7. The van der Waals surface area contributed by atoms with E-state index in [4.69, 9.17) is 25.5 Å². The van der Waals surface area contributed by atoms with Crippen LogP contribution < -0.4 is 15.6 Å². The lowest BCUT2D eigenvalue weighted by atomic mass is 10.1. The third kappa shape index (κ3) is 6.70. The number of para-hydroxylation sites is 1. The van der Waals surface area contributed by atoms with Crippen molar-refractivity contribution in [3.05, 3.63) is 77.0 Å². The van der Waals surface area contributed by atoms with Crippen LogP contribution in [0.3, 0.4) is 0 Å². The minimum atomic E-state index is -0.489. The van der Waals surface area contributed by atoms with Gasteiger partial charge in [-0.15, -0.1) is 0 Å². The van der Waals surface area contributed by atoms with Crippen LogP contribution in [0.2, 0.25) is 5.02 Å². The minimum Gasteiger partial charge on any atom is -0.462 e. The van der Waals surface area contributed by atoms with Crippen molar-refractivity contribution in [3.63, 3.8) is 0 Å². The molecule has 5 rings (SSSR count).